The number of thiophene rings is 1. The normalized spacial score (nSPS) is 17.3. The maximum absolute atomic E-state index is 13.9. The number of nitro benzene ring substituents is 1. The highest BCUT2D eigenvalue weighted by molar-refractivity contribution is 7.10. The van der Waals surface area contributed by atoms with Crippen LogP contribution in [0.15, 0.2) is 23.6 Å². The molecule has 0 fully saturated rings. The summed E-state index contributed by atoms with van der Waals surface area (Å²) < 4.78 is 27.1. The van der Waals surface area contributed by atoms with E-state index in [0.29, 0.717) is 6.07 Å². The molecule has 110 valence electrons. The van der Waals surface area contributed by atoms with E-state index in [-0.39, 0.29) is 11.7 Å². The van der Waals surface area contributed by atoms with E-state index in [4.69, 9.17) is 0 Å². The molecule has 0 saturated carbocycles. The predicted molar refractivity (Wildman–Crippen MR) is 76.6 cm³/mol. The third-order valence-corrected chi connectivity index (χ3v) is 4.60. The zero-order valence-corrected chi connectivity index (χ0v) is 11.8. The predicted octanol–water partition coefficient (Wildman–Crippen LogP) is 4.42. The van der Waals surface area contributed by atoms with Crippen LogP contribution >= 0.6 is 11.3 Å². The van der Waals surface area contributed by atoms with Crippen molar-refractivity contribution in [1.29, 1.82) is 0 Å². The summed E-state index contributed by atoms with van der Waals surface area (Å²) in [5.74, 6) is -1.89. The lowest BCUT2D eigenvalue weighted by Gasteiger charge is -2.24. The van der Waals surface area contributed by atoms with E-state index in [1.54, 1.807) is 11.3 Å². The van der Waals surface area contributed by atoms with Gasteiger partial charge in [-0.05, 0) is 36.3 Å². The largest absolute Gasteiger partial charge is 0.370 e. The summed E-state index contributed by atoms with van der Waals surface area (Å²) in [6.45, 7) is 0. The second-order valence-corrected chi connectivity index (χ2v) is 5.93. The number of nitrogens with zero attached hydrogens (tertiary/aromatic N) is 1. The van der Waals surface area contributed by atoms with Crippen LogP contribution in [0.2, 0.25) is 0 Å². The van der Waals surface area contributed by atoms with Gasteiger partial charge in [0.2, 0.25) is 0 Å². The van der Waals surface area contributed by atoms with Gasteiger partial charge in [0, 0.05) is 10.9 Å². The van der Waals surface area contributed by atoms with Crippen LogP contribution in [-0.4, -0.2) is 4.92 Å². The highest BCUT2D eigenvalue weighted by Gasteiger charge is 2.26. The number of hydrogen-bond acceptors (Lipinski definition) is 4. The van der Waals surface area contributed by atoms with Crippen LogP contribution in [0.5, 0.6) is 0 Å². The van der Waals surface area contributed by atoms with Crippen LogP contribution < -0.4 is 5.32 Å². The maximum atomic E-state index is 13.9. The van der Waals surface area contributed by atoms with Crippen molar-refractivity contribution >= 4 is 22.7 Å². The Hall–Kier alpha value is -2.02. The summed E-state index contributed by atoms with van der Waals surface area (Å²) in [5.41, 5.74) is 0.226. The van der Waals surface area contributed by atoms with E-state index in [1.165, 1.54) is 4.88 Å². The third kappa shape index (κ3) is 2.61. The first kappa shape index (κ1) is 13.9. The zero-order valence-electron chi connectivity index (χ0n) is 10.9. The smallest absolute Gasteiger partial charge is 0.298 e. The molecule has 4 nitrogen and oxygen atoms in total. The van der Waals surface area contributed by atoms with E-state index in [1.807, 2.05) is 11.4 Å². The van der Waals surface area contributed by atoms with Gasteiger partial charge in [0.1, 0.15) is 11.5 Å². The molecule has 0 radical (unpaired) electrons. The van der Waals surface area contributed by atoms with Crippen molar-refractivity contribution in [2.75, 3.05) is 5.32 Å². The highest BCUT2D eigenvalue weighted by atomic mass is 32.1. The van der Waals surface area contributed by atoms with Crippen LogP contribution in [0.1, 0.15) is 29.3 Å². The molecule has 0 amide bonds. The van der Waals surface area contributed by atoms with Crippen molar-refractivity contribution < 1.29 is 13.7 Å². The van der Waals surface area contributed by atoms with Crippen molar-refractivity contribution in [3.63, 3.8) is 0 Å². The van der Waals surface area contributed by atoms with Gasteiger partial charge in [-0.2, -0.15) is 0 Å². The summed E-state index contributed by atoms with van der Waals surface area (Å²) in [7, 11) is 0. The maximum Gasteiger partial charge on any atom is 0.298 e. The lowest BCUT2D eigenvalue weighted by molar-refractivity contribution is -0.384. The summed E-state index contributed by atoms with van der Waals surface area (Å²) in [5, 5.41) is 15.8. The van der Waals surface area contributed by atoms with Crippen LogP contribution in [-0.2, 0) is 6.42 Å². The molecule has 2 aromatic rings. The van der Waals surface area contributed by atoms with Gasteiger partial charge in [-0.25, -0.2) is 8.78 Å². The Labute approximate surface area is 123 Å². The van der Waals surface area contributed by atoms with Gasteiger partial charge in [-0.1, -0.05) is 0 Å². The Bertz CT molecular complexity index is 702. The lowest BCUT2D eigenvalue weighted by Crippen LogP contribution is -2.17. The second kappa shape index (κ2) is 5.40. The Kier molecular flexibility index (Phi) is 3.59. The molecule has 1 aliphatic carbocycles. The molecule has 1 aromatic heterocycles. The molecule has 0 aliphatic heterocycles. The van der Waals surface area contributed by atoms with Crippen molar-refractivity contribution in [1.82, 2.24) is 0 Å². The first-order valence-electron chi connectivity index (χ1n) is 6.52. The quantitative estimate of drug-likeness (QED) is 0.674. The minimum Gasteiger partial charge on any atom is -0.370 e. The molecule has 1 atom stereocenters. The topological polar surface area (TPSA) is 55.2 Å². The molecular formula is C14H12F2N2O2S. The van der Waals surface area contributed by atoms with Gasteiger partial charge < -0.3 is 5.32 Å². The van der Waals surface area contributed by atoms with Crippen molar-refractivity contribution in [2.45, 2.75) is 25.3 Å². The van der Waals surface area contributed by atoms with Crippen LogP contribution in [0, 0.1) is 21.7 Å². The van der Waals surface area contributed by atoms with Gasteiger partial charge >= 0.3 is 0 Å². The Morgan fingerprint density at radius 1 is 1.38 bits per heavy atom. The molecule has 0 saturated heterocycles. The van der Waals surface area contributed by atoms with Gasteiger partial charge in [0.25, 0.3) is 5.69 Å². The van der Waals surface area contributed by atoms with Crippen LogP contribution in [0.3, 0.4) is 0 Å². The number of fused-ring (bicyclic) bond motifs is 1. The summed E-state index contributed by atoms with van der Waals surface area (Å²) in [6, 6.07) is 3.16. The molecule has 0 bridgehead atoms. The average Bonchev–Trinajstić information content (AvgIpc) is 2.90. The standard InChI is InChI=1S/C14H12F2N2O2S/c15-8-6-10(16)14(12(7-8)18(19)20)17-11-2-1-3-13-9(11)4-5-21-13/h4-7,11,17H,1-3H2. The fraction of sp³-hybridized carbons (Fsp3) is 0.286. The molecule has 1 aliphatic rings. The number of benzene rings is 1. The van der Waals surface area contributed by atoms with Gasteiger partial charge in [-0.3, -0.25) is 10.1 Å². The minimum atomic E-state index is -0.954. The lowest BCUT2D eigenvalue weighted by atomic mass is 9.93. The summed E-state index contributed by atoms with van der Waals surface area (Å²) in [6.07, 6.45) is 2.67. The van der Waals surface area contributed by atoms with E-state index in [2.05, 4.69) is 5.32 Å². The monoisotopic (exact) mass is 310 g/mol. The number of nitrogens with one attached hydrogen (secondary N) is 1. The summed E-state index contributed by atoms with van der Waals surface area (Å²) in [4.78, 5) is 11.4. The first-order chi connectivity index (χ1) is 10.1. The molecule has 7 heteroatoms. The number of nitro groups is 1. The average molecular weight is 310 g/mol. The van der Waals surface area contributed by atoms with Gasteiger partial charge in [-0.15, -0.1) is 11.3 Å². The molecule has 1 aromatic carbocycles. The molecule has 1 heterocycles. The number of hydrogen-bond donors (Lipinski definition) is 1. The second-order valence-electron chi connectivity index (χ2n) is 4.93. The molecule has 0 spiro atoms. The Morgan fingerprint density at radius 3 is 2.95 bits per heavy atom. The molecule has 3 rings (SSSR count). The van der Waals surface area contributed by atoms with E-state index in [0.717, 1.165) is 30.9 Å². The number of rotatable bonds is 3. The molecule has 1 unspecified atom stereocenters. The first-order valence-corrected chi connectivity index (χ1v) is 7.40. The van der Waals surface area contributed by atoms with E-state index >= 15 is 0 Å². The van der Waals surface area contributed by atoms with Crippen molar-refractivity contribution in [2.24, 2.45) is 0 Å². The number of aryl methyl sites for hydroxylation is 1. The van der Waals surface area contributed by atoms with E-state index in [9.17, 15) is 18.9 Å². The SMILES string of the molecule is O=[N+]([O-])c1cc(F)cc(F)c1NC1CCCc2sccc21. The fourth-order valence-electron chi connectivity index (χ4n) is 2.66. The van der Waals surface area contributed by atoms with Gasteiger partial charge in [0.15, 0.2) is 5.82 Å². The minimum absolute atomic E-state index is 0.182. The zero-order chi connectivity index (χ0) is 15.0. The van der Waals surface area contributed by atoms with Crippen molar-refractivity contribution in [3.05, 3.63) is 55.8 Å². The van der Waals surface area contributed by atoms with Crippen LogP contribution in [0.4, 0.5) is 20.2 Å². The van der Waals surface area contributed by atoms with Gasteiger partial charge in [0.05, 0.1) is 17.0 Å². The Morgan fingerprint density at radius 2 is 2.19 bits per heavy atom. The molecule has 1 N–H and O–H groups in total. The fourth-order valence-corrected chi connectivity index (χ4v) is 3.64. The number of anilines is 1. The number of halogens is 2. The third-order valence-electron chi connectivity index (χ3n) is 3.60. The van der Waals surface area contributed by atoms with Crippen molar-refractivity contribution in [3.8, 4) is 0 Å². The van der Waals surface area contributed by atoms with E-state index < -0.39 is 22.2 Å². The molecular weight excluding hydrogens is 298 g/mol. The molecule has 21 heavy (non-hydrogen) atoms. The highest BCUT2D eigenvalue weighted by Crippen LogP contribution is 2.38. The summed E-state index contributed by atoms with van der Waals surface area (Å²) >= 11 is 1.63. The Balaban J connectivity index is 1.98. The van der Waals surface area contributed by atoms with Crippen LogP contribution in [0.25, 0.3) is 0 Å².